The molecule has 192 valence electrons. The van der Waals surface area contributed by atoms with Crippen LogP contribution in [-0.4, -0.2) is 61.3 Å². The van der Waals surface area contributed by atoms with Crippen molar-refractivity contribution in [3.63, 3.8) is 0 Å². The van der Waals surface area contributed by atoms with E-state index in [2.05, 4.69) is 25.9 Å². The quantitative estimate of drug-likeness (QED) is 0.393. The molecule has 0 radical (unpaired) electrons. The van der Waals surface area contributed by atoms with Gasteiger partial charge in [-0.2, -0.15) is 5.26 Å². The van der Waals surface area contributed by atoms with Gasteiger partial charge in [0.25, 0.3) is 0 Å². The molecule has 2 atom stereocenters. The first kappa shape index (κ1) is 23.9. The SMILES string of the molecule is CC(C)(C)OC(=O)N1CCN(c2ncnc3c2c(-c2ccccc2F)cn3-c2cc(C#N)ccn2)C2CC21. The molecule has 1 saturated carbocycles. The summed E-state index contributed by atoms with van der Waals surface area (Å²) in [4.78, 5) is 30.4. The fraction of sp³-hybridized carbons (Fsp3) is 0.321. The lowest BCUT2D eigenvalue weighted by Gasteiger charge is -2.36. The molecule has 1 saturated heterocycles. The topological polar surface area (TPSA) is 100 Å². The summed E-state index contributed by atoms with van der Waals surface area (Å²) in [5.41, 5.74) is 1.50. The lowest BCUT2D eigenvalue weighted by molar-refractivity contribution is 0.0218. The van der Waals surface area contributed by atoms with Gasteiger partial charge < -0.3 is 14.5 Å². The molecule has 6 rings (SSSR count). The summed E-state index contributed by atoms with van der Waals surface area (Å²) < 4.78 is 22.5. The fourth-order valence-electron chi connectivity index (χ4n) is 5.14. The van der Waals surface area contributed by atoms with Gasteiger partial charge >= 0.3 is 6.09 Å². The van der Waals surface area contributed by atoms with Crippen molar-refractivity contribution in [2.45, 2.75) is 44.9 Å². The Balaban J connectivity index is 1.45. The first-order chi connectivity index (χ1) is 18.2. The van der Waals surface area contributed by atoms with E-state index in [0.29, 0.717) is 52.4 Å². The van der Waals surface area contributed by atoms with Crippen molar-refractivity contribution in [1.29, 1.82) is 5.26 Å². The van der Waals surface area contributed by atoms with Crippen molar-refractivity contribution >= 4 is 22.9 Å². The number of ether oxygens (including phenoxy) is 1. The number of pyridine rings is 1. The maximum Gasteiger partial charge on any atom is 0.410 e. The second kappa shape index (κ2) is 8.80. The minimum Gasteiger partial charge on any atom is -0.444 e. The Morgan fingerprint density at radius 3 is 2.68 bits per heavy atom. The van der Waals surface area contributed by atoms with E-state index < -0.39 is 5.60 Å². The van der Waals surface area contributed by atoms with E-state index in [4.69, 9.17) is 4.74 Å². The zero-order chi connectivity index (χ0) is 26.6. The predicted octanol–water partition coefficient (Wildman–Crippen LogP) is 4.69. The Morgan fingerprint density at radius 2 is 1.92 bits per heavy atom. The van der Waals surface area contributed by atoms with Crippen LogP contribution >= 0.6 is 0 Å². The van der Waals surface area contributed by atoms with Crippen LogP contribution in [0.5, 0.6) is 0 Å². The molecule has 2 unspecified atom stereocenters. The normalized spacial score (nSPS) is 18.7. The first-order valence-corrected chi connectivity index (χ1v) is 12.5. The average molecular weight is 512 g/mol. The minimum absolute atomic E-state index is 0.0246. The van der Waals surface area contributed by atoms with Gasteiger partial charge in [-0.3, -0.25) is 4.57 Å². The Hall–Kier alpha value is -4.52. The zero-order valence-electron chi connectivity index (χ0n) is 21.3. The highest BCUT2D eigenvalue weighted by Gasteiger charge is 2.52. The number of rotatable bonds is 3. The molecule has 1 amide bonds. The molecule has 4 aromatic rings. The highest BCUT2D eigenvalue weighted by Crippen LogP contribution is 2.44. The van der Waals surface area contributed by atoms with E-state index in [1.807, 2.05) is 20.8 Å². The molecule has 1 aliphatic heterocycles. The molecule has 38 heavy (non-hydrogen) atoms. The Kier molecular flexibility index (Phi) is 5.52. The lowest BCUT2D eigenvalue weighted by atomic mass is 10.1. The second-order valence-electron chi connectivity index (χ2n) is 10.5. The monoisotopic (exact) mass is 511 g/mol. The second-order valence-corrected chi connectivity index (χ2v) is 10.5. The highest BCUT2D eigenvalue weighted by molar-refractivity contribution is 6.02. The van der Waals surface area contributed by atoms with Crippen molar-refractivity contribution in [3.8, 4) is 23.0 Å². The minimum atomic E-state index is -0.564. The van der Waals surface area contributed by atoms with Gasteiger partial charge in [0.2, 0.25) is 0 Å². The number of amides is 1. The molecule has 0 spiro atoms. The van der Waals surface area contributed by atoms with Crippen LogP contribution in [0, 0.1) is 17.1 Å². The fourth-order valence-corrected chi connectivity index (χ4v) is 5.14. The van der Waals surface area contributed by atoms with Gasteiger partial charge in [-0.25, -0.2) is 24.1 Å². The van der Waals surface area contributed by atoms with Gasteiger partial charge in [0.15, 0.2) is 5.65 Å². The van der Waals surface area contributed by atoms with E-state index in [0.717, 1.165) is 6.42 Å². The lowest BCUT2D eigenvalue weighted by Crippen LogP contribution is -2.50. The number of carbonyl (C=O) groups excluding carboxylic acids is 1. The summed E-state index contributed by atoms with van der Waals surface area (Å²) in [6.07, 6.45) is 5.35. The van der Waals surface area contributed by atoms with E-state index in [-0.39, 0.29) is 24.0 Å². The van der Waals surface area contributed by atoms with Gasteiger partial charge in [-0.1, -0.05) is 18.2 Å². The highest BCUT2D eigenvalue weighted by atomic mass is 19.1. The number of anilines is 1. The van der Waals surface area contributed by atoms with E-state index in [1.54, 1.807) is 52.2 Å². The first-order valence-electron chi connectivity index (χ1n) is 12.5. The summed E-state index contributed by atoms with van der Waals surface area (Å²) in [6.45, 7) is 6.62. The molecular weight excluding hydrogens is 485 g/mol. The summed E-state index contributed by atoms with van der Waals surface area (Å²) in [7, 11) is 0. The number of nitriles is 1. The summed E-state index contributed by atoms with van der Waals surface area (Å²) in [6, 6.07) is 12.1. The third kappa shape index (κ3) is 4.10. The maximum atomic E-state index is 15.1. The molecule has 10 heteroatoms. The molecule has 0 N–H and O–H groups in total. The summed E-state index contributed by atoms with van der Waals surface area (Å²) >= 11 is 0. The largest absolute Gasteiger partial charge is 0.444 e. The number of piperazine rings is 1. The van der Waals surface area contributed by atoms with Crippen LogP contribution in [0.3, 0.4) is 0 Å². The number of nitrogens with zero attached hydrogens (tertiary/aromatic N) is 7. The molecule has 9 nitrogen and oxygen atoms in total. The van der Waals surface area contributed by atoms with E-state index >= 15 is 4.39 Å². The van der Waals surface area contributed by atoms with Gasteiger partial charge in [-0.05, 0) is 45.4 Å². The Morgan fingerprint density at radius 1 is 1.11 bits per heavy atom. The van der Waals surface area contributed by atoms with Crippen molar-refractivity contribution < 1.29 is 13.9 Å². The van der Waals surface area contributed by atoms with Crippen LogP contribution in [0.25, 0.3) is 28.0 Å². The number of hydrogen-bond donors (Lipinski definition) is 0. The predicted molar refractivity (Wildman–Crippen MR) is 139 cm³/mol. The number of fused-ring (bicyclic) bond motifs is 2. The van der Waals surface area contributed by atoms with Crippen molar-refractivity contribution in [1.82, 2.24) is 24.4 Å². The summed E-state index contributed by atoms with van der Waals surface area (Å²) in [5.74, 6) is 0.819. The van der Waals surface area contributed by atoms with Crippen LogP contribution in [-0.2, 0) is 4.74 Å². The maximum absolute atomic E-state index is 15.1. The van der Waals surface area contributed by atoms with Gasteiger partial charge in [0.05, 0.1) is 29.1 Å². The van der Waals surface area contributed by atoms with Crippen LogP contribution in [0.4, 0.5) is 15.0 Å². The third-order valence-electron chi connectivity index (χ3n) is 6.85. The standard InChI is InChI=1S/C28H26FN7O2/c1-28(2,3)38-27(37)35-11-10-34(21-13-22(21)35)25-24-19(18-6-4-5-7-20(18)29)15-36(26(24)33-16-32-25)23-12-17(14-30)8-9-31-23/h4-9,12,15-16,21-22H,10-11,13H2,1-3H3. The summed E-state index contributed by atoms with van der Waals surface area (Å²) in [5, 5.41) is 10.1. The van der Waals surface area contributed by atoms with E-state index in [1.165, 1.54) is 12.4 Å². The van der Waals surface area contributed by atoms with Gasteiger partial charge in [-0.15, -0.1) is 0 Å². The molecule has 3 aromatic heterocycles. The molecule has 2 fully saturated rings. The average Bonchev–Trinajstić information content (AvgIpc) is 3.60. The Labute approximate surface area is 219 Å². The zero-order valence-corrected chi connectivity index (χ0v) is 21.3. The third-order valence-corrected chi connectivity index (χ3v) is 6.85. The van der Waals surface area contributed by atoms with Gasteiger partial charge in [0, 0.05) is 36.6 Å². The molecule has 4 heterocycles. The van der Waals surface area contributed by atoms with Crippen LogP contribution in [0.1, 0.15) is 32.8 Å². The number of benzene rings is 1. The van der Waals surface area contributed by atoms with Crippen LogP contribution < -0.4 is 4.90 Å². The molecular formula is C28H26FN7O2. The number of aromatic nitrogens is 4. The molecule has 2 aliphatic rings. The van der Waals surface area contributed by atoms with E-state index in [9.17, 15) is 10.1 Å². The number of halogens is 1. The molecule has 0 bridgehead atoms. The number of hydrogen-bond acceptors (Lipinski definition) is 7. The van der Waals surface area contributed by atoms with Crippen molar-refractivity contribution in [2.24, 2.45) is 0 Å². The molecule has 1 aliphatic carbocycles. The van der Waals surface area contributed by atoms with Crippen molar-refractivity contribution in [2.75, 3.05) is 18.0 Å². The number of carbonyl (C=O) groups is 1. The smallest absolute Gasteiger partial charge is 0.410 e. The van der Waals surface area contributed by atoms with Crippen LogP contribution in [0.2, 0.25) is 0 Å². The molecule has 1 aromatic carbocycles. The van der Waals surface area contributed by atoms with Crippen molar-refractivity contribution in [3.05, 3.63) is 66.5 Å². The van der Waals surface area contributed by atoms with Gasteiger partial charge in [0.1, 0.15) is 29.4 Å². The Bertz CT molecular complexity index is 1600. The van der Waals surface area contributed by atoms with Crippen LogP contribution in [0.15, 0.2) is 55.1 Å².